The molecular weight excluding hydrogens is 252 g/mol. The first-order chi connectivity index (χ1) is 9.80. The first kappa shape index (κ1) is 12.2. The van der Waals surface area contributed by atoms with Crippen LogP contribution in [0.15, 0.2) is 42.6 Å². The number of ether oxygens (including phenoxy) is 1. The van der Waals surface area contributed by atoms with Crippen molar-refractivity contribution in [2.75, 3.05) is 7.11 Å². The second-order valence-corrected chi connectivity index (χ2v) is 4.40. The topological polar surface area (TPSA) is 63.2 Å². The normalized spacial score (nSPS) is 10.4. The Hall–Kier alpha value is -2.87. The lowest BCUT2D eigenvalue weighted by atomic mass is 10.1. The zero-order valence-electron chi connectivity index (χ0n) is 10.9. The van der Waals surface area contributed by atoms with Crippen molar-refractivity contribution >= 4 is 5.65 Å². The fourth-order valence-electron chi connectivity index (χ4n) is 2.10. The Morgan fingerprint density at radius 2 is 2.15 bits per heavy atom. The Balaban J connectivity index is 1.96. The quantitative estimate of drug-likeness (QED) is 0.727. The molecule has 2 aromatic heterocycles. The molecule has 3 rings (SSSR count). The van der Waals surface area contributed by atoms with E-state index in [1.807, 2.05) is 34.9 Å². The van der Waals surface area contributed by atoms with Crippen LogP contribution in [0.4, 0.5) is 0 Å². The van der Waals surface area contributed by atoms with Crippen molar-refractivity contribution < 1.29 is 4.74 Å². The van der Waals surface area contributed by atoms with E-state index in [9.17, 15) is 0 Å². The van der Waals surface area contributed by atoms with Gasteiger partial charge in [-0.05, 0) is 23.8 Å². The molecular formula is C15H12N4O. The van der Waals surface area contributed by atoms with E-state index < -0.39 is 0 Å². The Morgan fingerprint density at radius 1 is 1.25 bits per heavy atom. The summed E-state index contributed by atoms with van der Waals surface area (Å²) in [7, 11) is 1.65. The zero-order chi connectivity index (χ0) is 13.9. The molecule has 0 N–H and O–H groups in total. The van der Waals surface area contributed by atoms with Crippen LogP contribution in [-0.2, 0) is 6.42 Å². The summed E-state index contributed by atoms with van der Waals surface area (Å²) >= 11 is 0. The minimum absolute atomic E-state index is 0.581. The van der Waals surface area contributed by atoms with E-state index in [-0.39, 0.29) is 0 Å². The van der Waals surface area contributed by atoms with Crippen LogP contribution in [0.25, 0.3) is 5.65 Å². The highest BCUT2D eigenvalue weighted by Crippen LogP contribution is 2.16. The van der Waals surface area contributed by atoms with E-state index >= 15 is 0 Å². The van der Waals surface area contributed by atoms with Crippen LogP contribution in [0.1, 0.15) is 17.0 Å². The van der Waals surface area contributed by atoms with Crippen molar-refractivity contribution in [3.63, 3.8) is 0 Å². The summed E-state index contributed by atoms with van der Waals surface area (Å²) in [4.78, 5) is 0. The van der Waals surface area contributed by atoms with Gasteiger partial charge in [-0.15, -0.1) is 10.2 Å². The van der Waals surface area contributed by atoms with Gasteiger partial charge in [0, 0.05) is 18.7 Å². The third-order valence-corrected chi connectivity index (χ3v) is 3.11. The summed E-state index contributed by atoms with van der Waals surface area (Å²) in [5.74, 6) is 1.65. The molecule has 3 aromatic rings. The summed E-state index contributed by atoms with van der Waals surface area (Å²) in [6.07, 6.45) is 2.48. The van der Waals surface area contributed by atoms with Crippen LogP contribution >= 0.6 is 0 Å². The molecule has 1 aromatic carbocycles. The predicted molar refractivity (Wildman–Crippen MR) is 73.5 cm³/mol. The Bertz CT molecular complexity index is 801. The monoisotopic (exact) mass is 264 g/mol. The van der Waals surface area contributed by atoms with Gasteiger partial charge in [0.2, 0.25) is 0 Å². The fourth-order valence-corrected chi connectivity index (χ4v) is 2.10. The minimum atomic E-state index is 0.581. The lowest BCUT2D eigenvalue weighted by Gasteiger charge is -2.03. The molecule has 20 heavy (non-hydrogen) atoms. The molecule has 0 atom stereocenters. The van der Waals surface area contributed by atoms with Gasteiger partial charge < -0.3 is 4.74 Å². The SMILES string of the molecule is COc1cccc(Cc2nnc3cc(C#N)ccn23)c1. The average Bonchev–Trinajstić information content (AvgIpc) is 2.89. The van der Waals surface area contributed by atoms with Crippen molar-refractivity contribution in [1.82, 2.24) is 14.6 Å². The summed E-state index contributed by atoms with van der Waals surface area (Å²) in [5.41, 5.74) is 2.36. The maximum absolute atomic E-state index is 8.88. The van der Waals surface area contributed by atoms with E-state index in [1.165, 1.54) is 0 Å². The number of nitrogens with zero attached hydrogens (tertiary/aromatic N) is 4. The van der Waals surface area contributed by atoms with Gasteiger partial charge in [0.15, 0.2) is 5.65 Å². The van der Waals surface area contributed by atoms with Gasteiger partial charge in [0.05, 0.1) is 18.7 Å². The third kappa shape index (κ3) is 2.19. The van der Waals surface area contributed by atoms with Crippen LogP contribution in [0.2, 0.25) is 0 Å². The van der Waals surface area contributed by atoms with Crippen LogP contribution < -0.4 is 4.74 Å². The van der Waals surface area contributed by atoms with E-state index in [1.54, 1.807) is 19.2 Å². The zero-order valence-corrected chi connectivity index (χ0v) is 10.9. The number of rotatable bonds is 3. The number of hydrogen-bond donors (Lipinski definition) is 0. The van der Waals surface area contributed by atoms with Crippen molar-refractivity contribution in [2.45, 2.75) is 6.42 Å². The first-order valence-corrected chi connectivity index (χ1v) is 6.17. The van der Waals surface area contributed by atoms with Gasteiger partial charge in [-0.25, -0.2) is 0 Å². The molecule has 0 spiro atoms. The van der Waals surface area contributed by atoms with Crippen LogP contribution in [0.5, 0.6) is 5.75 Å². The maximum atomic E-state index is 8.88. The molecule has 5 heteroatoms. The third-order valence-electron chi connectivity index (χ3n) is 3.11. The number of methoxy groups -OCH3 is 1. The van der Waals surface area contributed by atoms with Gasteiger partial charge >= 0.3 is 0 Å². The lowest BCUT2D eigenvalue weighted by molar-refractivity contribution is 0.414. The standard InChI is InChI=1S/C15H12N4O/c1-20-13-4-2-3-11(7-13)8-14-17-18-15-9-12(10-16)5-6-19(14)15/h2-7,9H,8H2,1H3. The van der Waals surface area contributed by atoms with Crippen molar-refractivity contribution in [3.8, 4) is 11.8 Å². The molecule has 0 saturated heterocycles. The molecule has 0 radical (unpaired) electrons. The van der Waals surface area contributed by atoms with Gasteiger partial charge in [-0.3, -0.25) is 4.40 Å². The van der Waals surface area contributed by atoms with E-state index in [0.717, 1.165) is 17.1 Å². The van der Waals surface area contributed by atoms with Gasteiger partial charge in [0.1, 0.15) is 11.6 Å². The van der Waals surface area contributed by atoms with E-state index in [4.69, 9.17) is 10.00 Å². The number of benzene rings is 1. The van der Waals surface area contributed by atoms with E-state index in [0.29, 0.717) is 17.6 Å². The second kappa shape index (κ2) is 5.02. The van der Waals surface area contributed by atoms with Crippen LogP contribution in [0.3, 0.4) is 0 Å². The van der Waals surface area contributed by atoms with Crippen LogP contribution in [-0.4, -0.2) is 21.7 Å². The van der Waals surface area contributed by atoms with Gasteiger partial charge in [-0.1, -0.05) is 12.1 Å². The Morgan fingerprint density at radius 3 is 2.95 bits per heavy atom. The number of pyridine rings is 1. The summed E-state index contributed by atoms with van der Waals surface area (Å²) in [6, 6.07) is 13.4. The smallest absolute Gasteiger partial charge is 0.162 e. The molecule has 98 valence electrons. The molecule has 0 saturated carbocycles. The number of hydrogen-bond acceptors (Lipinski definition) is 4. The van der Waals surface area contributed by atoms with Crippen molar-refractivity contribution in [2.24, 2.45) is 0 Å². The molecule has 2 heterocycles. The Kier molecular flexibility index (Phi) is 3.05. The highest BCUT2D eigenvalue weighted by molar-refractivity contribution is 5.46. The van der Waals surface area contributed by atoms with Gasteiger partial charge in [0.25, 0.3) is 0 Å². The molecule has 0 aliphatic heterocycles. The maximum Gasteiger partial charge on any atom is 0.162 e. The molecule has 0 amide bonds. The summed E-state index contributed by atoms with van der Waals surface area (Å²) in [6.45, 7) is 0. The second-order valence-electron chi connectivity index (χ2n) is 4.40. The molecule has 0 aliphatic rings. The predicted octanol–water partition coefficient (Wildman–Crippen LogP) is 2.20. The van der Waals surface area contributed by atoms with Crippen molar-refractivity contribution in [3.05, 3.63) is 59.5 Å². The molecule has 0 unspecified atom stereocenters. The number of nitriles is 1. The number of aromatic nitrogens is 3. The molecule has 0 aliphatic carbocycles. The molecule has 5 nitrogen and oxygen atoms in total. The van der Waals surface area contributed by atoms with Crippen molar-refractivity contribution in [1.29, 1.82) is 5.26 Å². The lowest BCUT2D eigenvalue weighted by Crippen LogP contribution is -1.97. The average molecular weight is 264 g/mol. The van der Waals surface area contributed by atoms with Crippen LogP contribution in [0, 0.1) is 11.3 Å². The molecule has 0 bridgehead atoms. The van der Waals surface area contributed by atoms with E-state index in [2.05, 4.69) is 16.3 Å². The first-order valence-electron chi connectivity index (χ1n) is 6.17. The summed E-state index contributed by atoms with van der Waals surface area (Å²) < 4.78 is 7.10. The fraction of sp³-hybridized carbons (Fsp3) is 0.133. The minimum Gasteiger partial charge on any atom is -0.497 e. The largest absolute Gasteiger partial charge is 0.497 e. The number of fused-ring (bicyclic) bond motifs is 1. The summed E-state index contributed by atoms with van der Waals surface area (Å²) in [5, 5.41) is 17.2. The highest BCUT2D eigenvalue weighted by atomic mass is 16.5. The highest BCUT2D eigenvalue weighted by Gasteiger charge is 2.07. The Labute approximate surface area is 116 Å². The van der Waals surface area contributed by atoms with Gasteiger partial charge in [-0.2, -0.15) is 5.26 Å². The molecule has 0 fully saturated rings.